The molecule has 0 saturated heterocycles. The van der Waals surface area contributed by atoms with Crippen LogP contribution in [-0.4, -0.2) is 5.78 Å². The van der Waals surface area contributed by atoms with E-state index in [9.17, 15) is 13.6 Å². The first-order valence-electron chi connectivity index (χ1n) is 6.63. The number of ketones is 1. The van der Waals surface area contributed by atoms with Crippen LogP contribution in [0.25, 0.3) is 0 Å². The molecule has 0 bridgehead atoms. The maximum Gasteiger partial charge on any atom is 0.169 e. The van der Waals surface area contributed by atoms with E-state index in [2.05, 4.69) is 0 Å². The van der Waals surface area contributed by atoms with E-state index in [1.54, 1.807) is 0 Å². The van der Waals surface area contributed by atoms with E-state index >= 15 is 0 Å². The maximum absolute atomic E-state index is 13.8. The first-order valence-corrected chi connectivity index (χ1v) is 6.63. The molecule has 0 aliphatic heterocycles. The number of hydrogen-bond acceptors (Lipinski definition) is 1. The quantitative estimate of drug-likeness (QED) is 0.758. The summed E-state index contributed by atoms with van der Waals surface area (Å²) >= 11 is 0. The zero-order valence-electron chi connectivity index (χ0n) is 11.1. The lowest BCUT2D eigenvalue weighted by atomic mass is 9.93. The summed E-state index contributed by atoms with van der Waals surface area (Å²) in [6, 6.07) is 9.98. The molecule has 1 aliphatic rings. The van der Waals surface area contributed by atoms with E-state index in [1.165, 1.54) is 13.0 Å². The van der Waals surface area contributed by atoms with Crippen LogP contribution in [0.1, 0.15) is 27.0 Å². The average molecular weight is 272 g/mol. The van der Waals surface area contributed by atoms with Crippen molar-refractivity contribution in [2.75, 3.05) is 0 Å². The number of fused-ring (bicyclic) bond motifs is 1. The number of carbonyl (C=O) groups excluding carboxylic acids is 1. The predicted molar refractivity (Wildman–Crippen MR) is 72.8 cm³/mol. The third kappa shape index (κ3) is 2.13. The Morgan fingerprint density at radius 3 is 2.25 bits per heavy atom. The van der Waals surface area contributed by atoms with E-state index < -0.39 is 11.6 Å². The molecule has 0 N–H and O–H groups in total. The van der Waals surface area contributed by atoms with Crippen molar-refractivity contribution in [3.8, 4) is 0 Å². The molecule has 0 spiro atoms. The van der Waals surface area contributed by atoms with Crippen LogP contribution in [0.15, 0.2) is 36.4 Å². The number of benzene rings is 2. The molecule has 0 heterocycles. The van der Waals surface area contributed by atoms with E-state index in [0.717, 1.165) is 17.2 Å². The summed E-state index contributed by atoms with van der Waals surface area (Å²) in [5.74, 6) is -1.86. The smallest absolute Gasteiger partial charge is 0.169 e. The first kappa shape index (κ1) is 13.0. The number of Topliss-reactive ketones (excluding diaryl/α,β-unsaturated/α-hetero) is 1. The van der Waals surface area contributed by atoms with Crippen molar-refractivity contribution in [2.45, 2.75) is 19.8 Å². The summed E-state index contributed by atoms with van der Waals surface area (Å²) in [6.45, 7) is 1.54. The van der Waals surface area contributed by atoms with Gasteiger partial charge in [0, 0.05) is 12.0 Å². The zero-order chi connectivity index (χ0) is 14.3. The molecule has 0 radical (unpaired) electrons. The number of halogens is 2. The van der Waals surface area contributed by atoms with Gasteiger partial charge < -0.3 is 0 Å². The van der Waals surface area contributed by atoms with Gasteiger partial charge in [-0.1, -0.05) is 24.3 Å². The Morgan fingerprint density at radius 2 is 1.65 bits per heavy atom. The number of hydrogen-bond donors (Lipinski definition) is 0. The Bertz CT molecular complexity index is 666. The summed E-state index contributed by atoms with van der Waals surface area (Å²) in [5, 5.41) is 0. The molecule has 0 fully saturated rings. The van der Waals surface area contributed by atoms with E-state index in [4.69, 9.17) is 0 Å². The largest absolute Gasteiger partial charge is 0.294 e. The highest BCUT2D eigenvalue weighted by molar-refractivity contribution is 5.99. The Labute approximate surface area is 116 Å². The predicted octanol–water partition coefficient (Wildman–Crippen LogP) is 3.87. The van der Waals surface area contributed by atoms with Crippen molar-refractivity contribution in [3.63, 3.8) is 0 Å². The molecular weight excluding hydrogens is 258 g/mol. The first-order chi connectivity index (χ1) is 9.56. The minimum absolute atomic E-state index is 0.00158. The van der Waals surface area contributed by atoms with Crippen LogP contribution in [0.5, 0.6) is 0 Å². The lowest BCUT2D eigenvalue weighted by Crippen LogP contribution is -2.17. The molecule has 1 aliphatic carbocycles. The van der Waals surface area contributed by atoms with E-state index in [1.807, 2.05) is 24.3 Å². The Balaban J connectivity index is 1.90. The van der Waals surface area contributed by atoms with Crippen molar-refractivity contribution in [3.05, 3.63) is 70.3 Å². The molecule has 1 nitrogen and oxygen atoms in total. The fourth-order valence-corrected chi connectivity index (χ4v) is 2.81. The molecule has 0 aromatic heterocycles. The SMILES string of the molecule is Cc1cc(C(=O)C2Cc3ccccc3C2)c(F)cc1F. The molecule has 0 unspecified atom stereocenters. The van der Waals surface area contributed by atoms with Crippen LogP contribution in [0, 0.1) is 24.5 Å². The van der Waals surface area contributed by atoms with Crippen molar-refractivity contribution in [1.82, 2.24) is 0 Å². The van der Waals surface area contributed by atoms with Crippen LogP contribution in [0.2, 0.25) is 0 Å². The minimum Gasteiger partial charge on any atom is -0.294 e. The summed E-state index contributed by atoms with van der Waals surface area (Å²) in [7, 11) is 0. The molecule has 102 valence electrons. The zero-order valence-corrected chi connectivity index (χ0v) is 11.1. The lowest BCUT2D eigenvalue weighted by molar-refractivity contribution is 0.0920. The highest BCUT2D eigenvalue weighted by Crippen LogP contribution is 2.30. The molecule has 0 saturated carbocycles. The van der Waals surface area contributed by atoms with Crippen LogP contribution < -0.4 is 0 Å². The van der Waals surface area contributed by atoms with E-state index in [0.29, 0.717) is 18.4 Å². The summed E-state index contributed by atoms with van der Waals surface area (Å²) in [4.78, 5) is 12.4. The highest BCUT2D eigenvalue weighted by atomic mass is 19.1. The van der Waals surface area contributed by atoms with Gasteiger partial charge in [-0.15, -0.1) is 0 Å². The van der Waals surface area contributed by atoms with Crippen LogP contribution in [-0.2, 0) is 12.8 Å². The average Bonchev–Trinajstić information content (AvgIpc) is 2.86. The van der Waals surface area contributed by atoms with Crippen molar-refractivity contribution < 1.29 is 13.6 Å². The second kappa shape index (κ2) is 4.82. The second-order valence-electron chi connectivity index (χ2n) is 5.32. The topological polar surface area (TPSA) is 17.1 Å². The van der Waals surface area contributed by atoms with Crippen molar-refractivity contribution >= 4 is 5.78 Å². The molecule has 3 rings (SSSR count). The lowest BCUT2D eigenvalue weighted by Gasteiger charge is -2.10. The molecule has 2 aromatic rings. The van der Waals surface area contributed by atoms with Gasteiger partial charge in [0.2, 0.25) is 0 Å². The van der Waals surface area contributed by atoms with E-state index in [-0.39, 0.29) is 17.3 Å². The van der Waals surface area contributed by atoms with Gasteiger partial charge in [-0.05, 0) is 42.5 Å². The molecule has 2 aromatic carbocycles. The van der Waals surface area contributed by atoms with Crippen molar-refractivity contribution in [1.29, 1.82) is 0 Å². The van der Waals surface area contributed by atoms with Gasteiger partial charge in [0.05, 0.1) is 5.56 Å². The third-order valence-electron chi connectivity index (χ3n) is 3.94. The van der Waals surface area contributed by atoms with Crippen molar-refractivity contribution in [2.24, 2.45) is 5.92 Å². The van der Waals surface area contributed by atoms with Gasteiger partial charge >= 0.3 is 0 Å². The normalized spacial score (nSPS) is 14.3. The van der Waals surface area contributed by atoms with Gasteiger partial charge in [-0.2, -0.15) is 0 Å². The molecule has 0 amide bonds. The number of carbonyl (C=O) groups is 1. The van der Waals surface area contributed by atoms with Gasteiger partial charge in [-0.3, -0.25) is 4.79 Å². The summed E-state index contributed by atoms with van der Waals surface area (Å²) < 4.78 is 27.1. The van der Waals surface area contributed by atoms with Gasteiger partial charge in [0.25, 0.3) is 0 Å². The number of aryl methyl sites for hydroxylation is 1. The summed E-state index contributed by atoms with van der Waals surface area (Å²) in [6.07, 6.45) is 1.26. The Morgan fingerprint density at radius 1 is 1.05 bits per heavy atom. The summed E-state index contributed by atoms with van der Waals surface area (Å²) in [5.41, 5.74) is 2.59. The molecule has 0 atom stereocenters. The molecule has 20 heavy (non-hydrogen) atoms. The highest BCUT2D eigenvalue weighted by Gasteiger charge is 2.29. The maximum atomic E-state index is 13.8. The molecule has 3 heteroatoms. The Hall–Kier alpha value is -2.03. The van der Waals surface area contributed by atoms with Crippen LogP contribution >= 0.6 is 0 Å². The fourth-order valence-electron chi connectivity index (χ4n) is 2.81. The standard InChI is InChI=1S/C17H14F2O/c1-10-6-14(16(19)9-15(10)18)17(20)13-7-11-4-2-3-5-12(11)8-13/h2-6,9,13H,7-8H2,1H3. The molecular formula is C17H14F2O. The number of rotatable bonds is 2. The minimum atomic E-state index is -0.769. The van der Waals surface area contributed by atoms with Gasteiger partial charge in [0.15, 0.2) is 5.78 Å². The van der Waals surface area contributed by atoms with Gasteiger partial charge in [-0.25, -0.2) is 8.78 Å². The third-order valence-corrected chi connectivity index (χ3v) is 3.94. The van der Waals surface area contributed by atoms with Crippen LogP contribution in [0.4, 0.5) is 8.78 Å². The van der Waals surface area contributed by atoms with Crippen LogP contribution in [0.3, 0.4) is 0 Å². The van der Waals surface area contributed by atoms with Gasteiger partial charge in [0.1, 0.15) is 11.6 Å². The second-order valence-corrected chi connectivity index (χ2v) is 5.32. The monoisotopic (exact) mass is 272 g/mol. The fraction of sp³-hybridized carbons (Fsp3) is 0.235. The Kier molecular flexibility index (Phi) is 3.13.